The average molecular weight is 502 g/mol. The molecule has 7 nitrogen and oxygen atoms in total. The van der Waals surface area contributed by atoms with E-state index < -0.39 is 0 Å². The molecule has 0 fully saturated rings. The van der Waals surface area contributed by atoms with Crippen LogP contribution in [0, 0.1) is 0 Å². The van der Waals surface area contributed by atoms with Crippen LogP contribution in [0.3, 0.4) is 0 Å². The first-order valence-corrected chi connectivity index (χ1v) is 9.92. The molecule has 0 aliphatic rings. The summed E-state index contributed by atoms with van der Waals surface area (Å²) >= 11 is 1.50. The third-order valence-electron chi connectivity index (χ3n) is 4.21. The third-order valence-corrected chi connectivity index (χ3v) is 5.12. The third kappa shape index (κ3) is 7.45. The lowest BCUT2D eigenvalue weighted by Crippen LogP contribution is -2.23. The largest absolute Gasteiger partial charge is 0.347 e. The van der Waals surface area contributed by atoms with Gasteiger partial charge in [0.2, 0.25) is 0 Å². The number of para-hydroxylation sites is 2. The number of aromatic nitrogens is 4. The van der Waals surface area contributed by atoms with E-state index in [2.05, 4.69) is 30.6 Å². The second kappa shape index (κ2) is 13.2. The van der Waals surface area contributed by atoms with Gasteiger partial charge in [0, 0.05) is 37.3 Å². The lowest BCUT2D eigenvalue weighted by molar-refractivity contribution is 0.0946. The predicted octanol–water partition coefficient (Wildman–Crippen LogP) is 3.94. The number of pyridine rings is 1. The van der Waals surface area contributed by atoms with Crippen LogP contribution in [0.1, 0.15) is 26.9 Å². The maximum absolute atomic E-state index is 12.2. The van der Waals surface area contributed by atoms with Crippen LogP contribution in [0.25, 0.3) is 11.0 Å². The summed E-state index contributed by atoms with van der Waals surface area (Å²) in [5.74, 6) is 0.748. The monoisotopic (exact) mass is 500 g/mol. The molecule has 3 N–H and O–H groups in total. The summed E-state index contributed by atoms with van der Waals surface area (Å²) in [6, 6.07) is 11.8. The van der Waals surface area contributed by atoms with Crippen LogP contribution in [0.4, 0.5) is 0 Å². The van der Waals surface area contributed by atoms with Crippen molar-refractivity contribution in [3.63, 3.8) is 0 Å². The normalized spacial score (nSPS) is 9.94. The van der Waals surface area contributed by atoms with Crippen LogP contribution < -0.4 is 10.6 Å². The van der Waals surface area contributed by atoms with E-state index in [0.717, 1.165) is 40.4 Å². The molecule has 0 aliphatic carbocycles. The molecular weight excluding hydrogens is 479 g/mol. The van der Waals surface area contributed by atoms with Gasteiger partial charge in [0.1, 0.15) is 11.5 Å². The Kier molecular flexibility index (Phi) is 11.4. The highest BCUT2D eigenvalue weighted by Gasteiger charge is 2.10. The number of halogens is 3. The lowest BCUT2D eigenvalue weighted by atomic mass is 10.3. The van der Waals surface area contributed by atoms with Crippen LogP contribution in [0.15, 0.2) is 54.2 Å². The van der Waals surface area contributed by atoms with Gasteiger partial charge in [0.15, 0.2) is 0 Å². The Balaban J connectivity index is 0.00000160. The predicted molar refractivity (Wildman–Crippen MR) is 131 cm³/mol. The Bertz CT molecular complexity index is 1040. The van der Waals surface area contributed by atoms with E-state index >= 15 is 0 Å². The minimum atomic E-state index is -0.165. The van der Waals surface area contributed by atoms with E-state index in [-0.39, 0.29) is 43.1 Å². The second-order valence-electron chi connectivity index (χ2n) is 6.30. The number of rotatable bonds is 8. The molecule has 0 unspecified atom stereocenters. The summed E-state index contributed by atoms with van der Waals surface area (Å²) in [5.41, 5.74) is 3.43. The zero-order chi connectivity index (χ0) is 19.2. The van der Waals surface area contributed by atoms with Crippen molar-refractivity contribution in [2.75, 3.05) is 6.54 Å². The fourth-order valence-corrected chi connectivity index (χ4v) is 3.58. The van der Waals surface area contributed by atoms with Crippen LogP contribution in [-0.4, -0.2) is 32.4 Å². The number of fused-ring (bicyclic) bond motifs is 1. The Morgan fingerprint density at radius 3 is 2.65 bits per heavy atom. The SMILES string of the molecule is Cl.Cl.Cl.O=C(NCc1cccnc1)c1csc(CCNCc2nc3ccccc3[nH]2)n1. The van der Waals surface area contributed by atoms with Crippen molar-refractivity contribution in [3.05, 3.63) is 76.3 Å². The quantitative estimate of drug-likeness (QED) is 0.318. The van der Waals surface area contributed by atoms with Gasteiger partial charge in [0.25, 0.3) is 5.91 Å². The summed E-state index contributed by atoms with van der Waals surface area (Å²) in [7, 11) is 0. The topological polar surface area (TPSA) is 95.6 Å². The number of thiazole rings is 1. The van der Waals surface area contributed by atoms with Gasteiger partial charge in [-0.15, -0.1) is 48.6 Å². The van der Waals surface area contributed by atoms with Gasteiger partial charge in [0.05, 0.1) is 22.6 Å². The average Bonchev–Trinajstić information content (AvgIpc) is 3.37. The van der Waals surface area contributed by atoms with Crippen molar-refractivity contribution in [3.8, 4) is 0 Å². The zero-order valence-electron chi connectivity index (χ0n) is 16.4. The van der Waals surface area contributed by atoms with Crippen LogP contribution in [0.5, 0.6) is 0 Å². The molecule has 0 spiro atoms. The Labute approximate surface area is 202 Å². The van der Waals surface area contributed by atoms with Crippen LogP contribution >= 0.6 is 48.6 Å². The molecule has 0 aliphatic heterocycles. The second-order valence-corrected chi connectivity index (χ2v) is 7.24. The van der Waals surface area contributed by atoms with E-state index in [1.54, 1.807) is 17.8 Å². The molecule has 1 aromatic carbocycles. The van der Waals surface area contributed by atoms with E-state index in [4.69, 9.17) is 0 Å². The number of imidazole rings is 1. The molecule has 1 amide bonds. The highest BCUT2D eigenvalue weighted by atomic mass is 35.5. The van der Waals surface area contributed by atoms with Gasteiger partial charge >= 0.3 is 0 Å². The smallest absolute Gasteiger partial charge is 0.271 e. The highest BCUT2D eigenvalue weighted by molar-refractivity contribution is 7.09. The van der Waals surface area contributed by atoms with Gasteiger partial charge in [-0.2, -0.15) is 0 Å². The van der Waals surface area contributed by atoms with Crippen molar-refractivity contribution in [1.29, 1.82) is 0 Å². The van der Waals surface area contributed by atoms with E-state index in [1.165, 1.54) is 11.3 Å². The number of amides is 1. The van der Waals surface area contributed by atoms with Gasteiger partial charge in [-0.05, 0) is 23.8 Å². The number of aromatic amines is 1. The summed E-state index contributed by atoms with van der Waals surface area (Å²) in [6.07, 6.45) is 4.21. The zero-order valence-corrected chi connectivity index (χ0v) is 19.7. The summed E-state index contributed by atoms with van der Waals surface area (Å²) in [4.78, 5) is 28.5. The molecule has 3 aromatic heterocycles. The number of hydrogen-bond donors (Lipinski definition) is 3. The fraction of sp³-hybridized carbons (Fsp3) is 0.200. The minimum absolute atomic E-state index is 0. The maximum atomic E-state index is 12.2. The highest BCUT2D eigenvalue weighted by Crippen LogP contribution is 2.12. The van der Waals surface area contributed by atoms with Crippen LogP contribution in [0.2, 0.25) is 0 Å². The molecule has 166 valence electrons. The molecule has 0 bridgehead atoms. The van der Waals surface area contributed by atoms with Crippen LogP contribution in [-0.2, 0) is 19.5 Å². The molecule has 3 heterocycles. The van der Waals surface area contributed by atoms with Crippen molar-refractivity contribution in [2.45, 2.75) is 19.5 Å². The van der Waals surface area contributed by atoms with E-state index in [1.807, 2.05) is 36.4 Å². The van der Waals surface area contributed by atoms with Crippen molar-refractivity contribution in [2.24, 2.45) is 0 Å². The van der Waals surface area contributed by atoms with Crippen molar-refractivity contribution >= 4 is 65.5 Å². The van der Waals surface area contributed by atoms with Gasteiger partial charge < -0.3 is 15.6 Å². The number of nitrogens with one attached hydrogen (secondary N) is 3. The Hall–Kier alpha value is -2.23. The first-order valence-electron chi connectivity index (χ1n) is 9.04. The molecule has 0 saturated carbocycles. The summed E-state index contributed by atoms with van der Waals surface area (Å²) in [5, 5.41) is 8.96. The number of hydrogen-bond acceptors (Lipinski definition) is 6. The summed E-state index contributed by atoms with van der Waals surface area (Å²) in [6.45, 7) is 1.87. The first kappa shape index (κ1) is 26.8. The number of carbonyl (C=O) groups is 1. The molecular formula is C20H23Cl3N6OS. The maximum Gasteiger partial charge on any atom is 0.271 e. The Morgan fingerprint density at radius 2 is 1.87 bits per heavy atom. The van der Waals surface area contributed by atoms with Gasteiger partial charge in [-0.1, -0.05) is 18.2 Å². The molecule has 11 heteroatoms. The molecule has 0 atom stereocenters. The molecule has 0 saturated heterocycles. The summed E-state index contributed by atoms with van der Waals surface area (Å²) < 4.78 is 0. The van der Waals surface area contributed by atoms with E-state index in [9.17, 15) is 4.79 Å². The van der Waals surface area contributed by atoms with Crippen molar-refractivity contribution < 1.29 is 4.79 Å². The first-order chi connectivity index (χ1) is 13.8. The van der Waals surface area contributed by atoms with Gasteiger partial charge in [-0.25, -0.2) is 9.97 Å². The minimum Gasteiger partial charge on any atom is -0.347 e. The number of benzene rings is 1. The van der Waals surface area contributed by atoms with Crippen molar-refractivity contribution in [1.82, 2.24) is 30.6 Å². The molecule has 4 aromatic rings. The van der Waals surface area contributed by atoms with E-state index in [0.29, 0.717) is 18.8 Å². The molecule has 31 heavy (non-hydrogen) atoms. The Morgan fingerprint density at radius 1 is 1.03 bits per heavy atom. The fourth-order valence-electron chi connectivity index (χ4n) is 2.80. The molecule has 4 rings (SSSR count). The number of nitrogens with zero attached hydrogens (tertiary/aromatic N) is 3. The lowest BCUT2D eigenvalue weighted by Gasteiger charge is -2.02. The van der Waals surface area contributed by atoms with Gasteiger partial charge in [-0.3, -0.25) is 9.78 Å². The number of carbonyl (C=O) groups excluding carboxylic acids is 1. The standard InChI is InChI=1S/C20H20N6OS.3ClH/c27-20(23-11-14-4-3-8-21-10-14)17-13-28-19(26-17)7-9-22-12-18-24-15-5-1-2-6-16(15)25-18;;;/h1-6,8,10,13,22H,7,9,11-12H2,(H,23,27)(H,24,25);3*1H. The molecule has 0 radical (unpaired) electrons. The number of H-pyrrole nitrogens is 1.